The molecule has 0 saturated heterocycles. The molecule has 4 N–H and O–H groups in total. The van der Waals surface area contributed by atoms with Crippen LogP contribution in [-0.4, -0.2) is 10.9 Å². The maximum Gasteiger partial charge on any atom is 0.270 e. The van der Waals surface area contributed by atoms with Crippen LogP contribution in [0.2, 0.25) is 0 Å². The largest absolute Gasteiger partial charge is 0.472 e. The highest BCUT2D eigenvalue weighted by molar-refractivity contribution is 5.92. The molecule has 0 aliphatic carbocycles. The zero-order valence-electron chi connectivity index (χ0n) is 9.01. The quantitative estimate of drug-likeness (QED) is 0.537. The third-order valence-electron chi connectivity index (χ3n) is 2.16. The number of nitrogen functional groups attached to an aromatic ring is 1. The van der Waals surface area contributed by atoms with Gasteiger partial charge in [0, 0.05) is 12.1 Å². The monoisotopic (exact) mass is 232 g/mol. The van der Waals surface area contributed by atoms with Gasteiger partial charge < -0.3 is 15.2 Å². The lowest BCUT2D eigenvalue weighted by Crippen LogP contribution is -2.24. The lowest BCUT2D eigenvalue weighted by atomic mass is 10.3. The van der Waals surface area contributed by atoms with E-state index in [9.17, 15) is 4.79 Å². The van der Waals surface area contributed by atoms with Crippen LogP contribution in [0.3, 0.4) is 0 Å². The highest BCUT2D eigenvalue weighted by Crippen LogP contribution is 2.04. The van der Waals surface area contributed by atoms with Crippen LogP contribution >= 0.6 is 0 Å². The van der Waals surface area contributed by atoms with Gasteiger partial charge in [0.15, 0.2) is 0 Å². The minimum absolute atomic E-state index is 0.261. The van der Waals surface area contributed by atoms with E-state index in [1.165, 1.54) is 0 Å². The summed E-state index contributed by atoms with van der Waals surface area (Å²) in [4.78, 5) is 15.8. The summed E-state index contributed by atoms with van der Waals surface area (Å²) < 4.78 is 4.90. The van der Waals surface area contributed by atoms with E-state index in [4.69, 9.17) is 10.3 Å². The molecule has 0 aliphatic rings. The second kappa shape index (κ2) is 5.13. The van der Waals surface area contributed by atoms with Crippen molar-refractivity contribution in [2.75, 3.05) is 5.43 Å². The Balaban J connectivity index is 1.99. The lowest BCUT2D eigenvalue weighted by Gasteiger charge is -2.04. The lowest BCUT2D eigenvalue weighted by molar-refractivity contribution is 0.0946. The Morgan fingerprint density at radius 2 is 2.29 bits per heavy atom. The van der Waals surface area contributed by atoms with E-state index in [0.717, 1.165) is 5.56 Å². The topological polar surface area (TPSA) is 93.2 Å². The number of hydrogen-bond donors (Lipinski definition) is 3. The molecule has 0 radical (unpaired) electrons. The average Bonchev–Trinajstić information content (AvgIpc) is 2.89. The fraction of sp³-hybridized carbons (Fsp3) is 0.0909. The van der Waals surface area contributed by atoms with Gasteiger partial charge in [0.05, 0.1) is 12.5 Å². The van der Waals surface area contributed by atoms with Crippen molar-refractivity contribution in [2.45, 2.75) is 6.54 Å². The summed E-state index contributed by atoms with van der Waals surface area (Å²) in [5, 5.41) is 2.72. The highest BCUT2D eigenvalue weighted by Gasteiger charge is 2.07. The van der Waals surface area contributed by atoms with E-state index < -0.39 is 0 Å². The number of nitrogens with two attached hydrogens (primary N) is 1. The number of nitrogens with one attached hydrogen (secondary N) is 2. The van der Waals surface area contributed by atoms with Gasteiger partial charge in [0.2, 0.25) is 0 Å². The first kappa shape index (κ1) is 11.2. The number of hydrogen-bond acceptors (Lipinski definition) is 5. The van der Waals surface area contributed by atoms with Crippen molar-refractivity contribution in [2.24, 2.45) is 5.84 Å². The fourth-order valence-electron chi connectivity index (χ4n) is 1.31. The molecule has 17 heavy (non-hydrogen) atoms. The third kappa shape index (κ3) is 2.82. The van der Waals surface area contributed by atoms with Gasteiger partial charge in [-0.3, -0.25) is 4.79 Å². The van der Waals surface area contributed by atoms with Crippen molar-refractivity contribution in [3.05, 3.63) is 48.0 Å². The zero-order valence-corrected chi connectivity index (χ0v) is 9.01. The summed E-state index contributed by atoms with van der Waals surface area (Å²) >= 11 is 0. The number of rotatable bonds is 4. The molecule has 0 aliphatic heterocycles. The van der Waals surface area contributed by atoms with Crippen molar-refractivity contribution in [3.63, 3.8) is 0 Å². The molecule has 0 bridgehead atoms. The molecule has 0 saturated carbocycles. The molecule has 1 amide bonds. The molecule has 0 fully saturated rings. The number of nitrogens with zero attached hydrogens (tertiary/aromatic N) is 1. The van der Waals surface area contributed by atoms with Gasteiger partial charge in [0.1, 0.15) is 11.5 Å². The Morgan fingerprint density at radius 1 is 1.41 bits per heavy atom. The molecular weight excluding hydrogens is 220 g/mol. The summed E-state index contributed by atoms with van der Waals surface area (Å²) in [5.74, 6) is 5.40. The molecule has 2 rings (SSSR count). The molecule has 2 heterocycles. The fourth-order valence-corrected chi connectivity index (χ4v) is 1.31. The van der Waals surface area contributed by atoms with Crippen LogP contribution in [-0.2, 0) is 6.54 Å². The van der Waals surface area contributed by atoms with E-state index >= 15 is 0 Å². The third-order valence-corrected chi connectivity index (χ3v) is 2.16. The Bertz CT molecular complexity index is 496. The number of pyridine rings is 1. The molecule has 0 unspecified atom stereocenters. The van der Waals surface area contributed by atoms with Gasteiger partial charge in [-0.1, -0.05) is 6.07 Å². The highest BCUT2D eigenvalue weighted by atomic mass is 16.3. The first-order chi connectivity index (χ1) is 8.29. The van der Waals surface area contributed by atoms with Crippen molar-refractivity contribution >= 4 is 11.7 Å². The Labute approximate surface area is 97.8 Å². The van der Waals surface area contributed by atoms with Gasteiger partial charge in [-0.25, -0.2) is 10.8 Å². The van der Waals surface area contributed by atoms with E-state index in [0.29, 0.717) is 18.1 Å². The van der Waals surface area contributed by atoms with Gasteiger partial charge in [0.25, 0.3) is 5.91 Å². The predicted molar refractivity (Wildman–Crippen MR) is 61.9 cm³/mol. The number of aromatic nitrogens is 1. The summed E-state index contributed by atoms with van der Waals surface area (Å²) in [6, 6.07) is 6.78. The van der Waals surface area contributed by atoms with Gasteiger partial charge in [-0.2, -0.15) is 0 Å². The normalized spacial score (nSPS) is 9.94. The van der Waals surface area contributed by atoms with Crippen LogP contribution in [0.4, 0.5) is 5.82 Å². The summed E-state index contributed by atoms with van der Waals surface area (Å²) in [5.41, 5.74) is 3.59. The molecule has 0 spiro atoms. The number of hydrazine groups is 1. The van der Waals surface area contributed by atoms with Gasteiger partial charge in [-0.05, 0) is 18.2 Å². The van der Waals surface area contributed by atoms with Gasteiger partial charge >= 0.3 is 0 Å². The molecule has 6 heteroatoms. The van der Waals surface area contributed by atoms with Gasteiger partial charge in [-0.15, -0.1) is 0 Å². The Hall–Kier alpha value is -2.34. The van der Waals surface area contributed by atoms with E-state index in [-0.39, 0.29) is 5.91 Å². The number of anilines is 1. The average molecular weight is 232 g/mol. The second-order valence-corrected chi connectivity index (χ2v) is 3.37. The van der Waals surface area contributed by atoms with E-state index in [1.54, 1.807) is 36.8 Å². The molecular formula is C11H12N4O2. The molecule has 0 aromatic carbocycles. The maximum absolute atomic E-state index is 11.7. The second-order valence-electron chi connectivity index (χ2n) is 3.37. The SMILES string of the molecule is NNc1cccc(C(=O)NCc2ccoc2)n1. The van der Waals surface area contributed by atoms with Crippen LogP contribution in [0.15, 0.2) is 41.2 Å². The minimum atomic E-state index is -0.261. The molecule has 2 aromatic heterocycles. The molecule has 88 valence electrons. The zero-order chi connectivity index (χ0) is 12.1. The predicted octanol–water partition coefficient (Wildman–Crippen LogP) is 0.890. The standard InChI is InChI=1S/C11H12N4O2/c12-15-10-3-1-2-9(14-10)11(16)13-6-8-4-5-17-7-8/h1-5,7H,6,12H2,(H,13,16)(H,14,15). The van der Waals surface area contributed by atoms with Crippen LogP contribution in [0.25, 0.3) is 0 Å². The molecule has 0 atom stereocenters. The van der Waals surface area contributed by atoms with Crippen molar-refractivity contribution < 1.29 is 9.21 Å². The minimum Gasteiger partial charge on any atom is -0.472 e. The number of carbonyl (C=O) groups is 1. The number of furan rings is 1. The van der Waals surface area contributed by atoms with E-state index in [1.807, 2.05) is 0 Å². The maximum atomic E-state index is 11.7. The van der Waals surface area contributed by atoms with Crippen LogP contribution < -0.4 is 16.6 Å². The summed E-state index contributed by atoms with van der Waals surface area (Å²) in [7, 11) is 0. The first-order valence-electron chi connectivity index (χ1n) is 5.02. The van der Waals surface area contributed by atoms with Crippen molar-refractivity contribution in [3.8, 4) is 0 Å². The molecule has 2 aromatic rings. The number of carbonyl (C=O) groups excluding carboxylic acids is 1. The summed E-state index contributed by atoms with van der Waals surface area (Å²) in [6.07, 6.45) is 3.13. The first-order valence-corrected chi connectivity index (χ1v) is 5.02. The van der Waals surface area contributed by atoms with Crippen LogP contribution in [0.5, 0.6) is 0 Å². The summed E-state index contributed by atoms with van der Waals surface area (Å²) in [6.45, 7) is 0.400. The van der Waals surface area contributed by atoms with Crippen LogP contribution in [0, 0.1) is 0 Å². The van der Waals surface area contributed by atoms with Crippen molar-refractivity contribution in [1.29, 1.82) is 0 Å². The Morgan fingerprint density at radius 3 is 3.00 bits per heavy atom. The molecule has 6 nitrogen and oxygen atoms in total. The number of amides is 1. The van der Waals surface area contributed by atoms with Crippen LogP contribution in [0.1, 0.15) is 16.1 Å². The van der Waals surface area contributed by atoms with Crippen molar-refractivity contribution in [1.82, 2.24) is 10.3 Å². The Kier molecular flexibility index (Phi) is 3.37. The smallest absolute Gasteiger partial charge is 0.270 e. The van der Waals surface area contributed by atoms with E-state index in [2.05, 4.69) is 15.7 Å².